The summed E-state index contributed by atoms with van der Waals surface area (Å²) < 4.78 is 1.95. The monoisotopic (exact) mass is 205 g/mol. The number of aromatic nitrogens is 4. The van der Waals surface area contributed by atoms with Gasteiger partial charge >= 0.3 is 0 Å². The maximum Gasteiger partial charge on any atom is 0.182 e. The first-order valence-electron chi connectivity index (χ1n) is 5.40. The van der Waals surface area contributed by atoms with Crippen molar-refractivity contribution in [3.05, 3.63) is 5.69 Å². The number of hydrogen-bond donors (Lipinski definition) is 2. The standard InChI is InChI=1S/C10H15N5/c1-5(2)15-10-7(9(11)12-13-10)8(14-15)6-3-4-6/h5-6H,3-4H2,1-2H3,(H3,11,12,13). The second kappa shape index (κ2) is 2.74. The fraction of sp³-hybridized carbons (Fsp3) is 0.600. The van der Waals surface area contributed by atoms with E-state index in [0.717, 1.165) is 16.7 Å². The minimum absolute atomic E-state index is 0.322. The van der Waals surface area contributed by atoms with Crippen LogP contribution in [-0.4, -0.2) is 20.0 Å². The Morgan fingerprint density at radius 3 is 2.80 bits per heavy atom. The fourth-order valence-corrected chi connectivity index (χ4v) is 1.98. The van der Waals surface area contributed by atoms with Crippen molar-refractivity contribution in [2.75, 3.05) is 5.73 Å². The third-order valence-electron chi connectivity index (χ3n) is 2.92. The first-order valence-corrected chi connectivity index (χ1v) is 5.40. The van der Waals surface area contributed by atoms with Crippen molar-refractivity contribution in [3.8, 4) is 0 Å². The topological polar surface area (TPSA) is 72.5 Å². The van der Waals surface area contributed by atoms with Crippen LogP contribution in [0.2, 0.25) is 0 Å². The van der Waals surface area contributed by atoms with Gasteiger partial charge in [0.25, 0.3) is 0 Å². The number of hydrogen-bond acceptors (Lipinski definition) is 3. The second-order valence-corrected chi connectivity index (χ2v) is 4.53. The summed E-state index contributed by atoms with van der Waals surface area (Å²) in [5, 5.41) is 12.7. The van der Waals surface area contributed by atoms with Crippen LogP contribution >= 0.6 is 0 Å². The van der Waals surface area contributed by atoms with Gasteiger partial charge in [0.2, 0.25) is 0 Å². The van der Waals surface area contributed by atoms with Crippen molar-refractivity contribution in [1.82, 2.24) is 20.0 Å². The molecule has 0 aliphatic heterocycles. The molecule has 2 aromatic rings. The van der Waals surface area contributed by atoms with E-state index in [2.05, 4.69) is 29.1 Å². The van der Waals surface area contributed by atoms with Crippen LogP contribution in [0.25, 0.3) is 11.0 Å². The molecule has 15 heavy (non-hydrogen) atoms. The van der Waals surface area contributed by atoms with Crippen LogP contribution in [0.5, 0.6) is 0 Å². The van der Waals surface area contributed by atoms with E-state index in [9.17, 15) is 0 Å². The molecule has 0 bridgehead atoms. The molecule has 5 nitrogen and oxygen atoms in total. The molecular formula is C10H15N5. The summed E-state index contributed by atoms with van der Waals surface area (Å²) in [6, 6.07) is 0.322. The van der Waals surface area contributed by atoms with Crippen molar-refractivity contribution < 1.29 is 0 Å². The van der Waals surface area contributed by atoms with Gasteiger partial charge in [-0.15, -0.1) is 0 Å². The van der Waals surface area contributed by atoms with Gasteiger partial charge in [0.1, 0.15) is 5.82 Å². The van der Waals surface area contributed by atoms with Crippen LogP contribution in [0.1, 0.15) is 44.3 Å². The highest BCUT2D eigenvalue weighted by molar-refractivity contribution is 5.89. The van der Waals surface area contributed by atoms with Crippen molar-refractivity contribution in [3.63, 3.8) is 0 Å². The van der Waals surface area contributed by atoms with Gasteiger partial charge in [-0.25, -0.2) is 4.68 Å². The number of nitrogens with one attached hydrogen (secondary N) is 1. The summed E-state index contributed by atoms with van der Waals surface area (Å²) in [7, 11) is 0. The van der Waals surface area contributed by atoms with Crippen LogP contribution in [0.3, 0.4) is 0 Å². The van der Waals surface area contributed by atoms with Crippen molar-refractivity contribution >= 4 is 16.9 Å². The summed E-state index contributed by atoms with van der Waals surface area (Å²) in [5.74, 6) is 1.26. The first-order chi connectivity index (χ1) is 7.18. The van der Waals surface area contributed by atoms with Crippen LogP contribution in [0.15, 0.2) is 0 Å². The maximum atomic E-state index is 5.88. The summed E-state index contributed by atoms with van der Waals surface area (Å²) >= 11 is 0. The third kappa shape index (κ3) is 1.15. The SMILES string of the molecule is CC(C)n1nc(C2CC2)c2c(N)[nH]nc21. The molecule has 80 valence electrons. The summed E-state index contributed by atoms with van der Waals surface area (Å²) in [6.07, 6.45) is 2.46. The number of nitrogens with two attached hydrogens (primary N) is 1. The number of aromatic amines is 1. The predicted molar refractivity (Wildman–Crippen MR) is 58.7 cm³/mol. The summed E-state index contributed by atoms with van der Waals surface area (Å²) in [5.41, 5.74) is 7.91. The molecule has 1 aliphatic rings. The lowest BCUT2D eigenvalue weighted by molar-refractivity contribution is 0.538. The van der Waals surface area contributed by atoms with Crippen LogP contribution < -0.4 is 5.73 Å². The second-order valence-electron chi connectivity index (χ2n) is 4.53. The molecule has 1 aliphatic carbocycles. The lowest BCUT2D eigenvalue weighted by Crippen LogP contribution is -2.03. The minimum Gasteiger partial charge on any atom is -0.383 e. The van der Waals surface area contributed by atoms with Crippen LogP contribution in [-0.2, 0) is 0 Å². The molecule has 0 saturated heterocycles. The zero-order valence-corrected chi connectivity index (χ0v) is 8.99. The molecule has 0 atom stereocenters. The lowest BCUT2D eigenvalue weighted by atomic mass is 10.2. The van der Waals surface area contributed by atoms with E-state index >= 15 is 0 Å². The van der Waals surface area contributed by atoms with Gasteiger partial charge < -0.3 is 5.73 Å². The highest BCUT2D eigenvalue weighted by Crippen LogP contribution is 2.43. The Morgan fingerprint density at radius 1 is 1.47 bits per heavy atom. The molecule has 5 heteroatoms. The Balaban J connectivity index is 2.29. The van der Waals surface area contributed by atoms with Crippen molar-refractivity contribution in [1.29, 1.82) is 0 Å². The van der Waals surface area contributed by atoms with Gasteiger partial charge in [-0.2, -0.15) is 10.2 Å². The van der Waals surface area contributed by atoms with Gasteiger partial charge in [0.15, 0.2) is 5.65 Å². The molecule has 3 N–H and O–H groups in total. The molecule has 1 saturated carbocycles. The highest BCUT2D eigenvalue weighted by atomic mass is 15.4. The average molecular weight is 205 g/mol. The van der Waals surface area contributed by atoms with E-state index in [1.165, 1.54) is 12.8 Å². The molecule has 0 spiro atoms. The molecule has 3 rings (SSSR count). The fourth-order valence-electron chi connectivity index (χ4n) is 1.98. The van der Waals surface area contributed by atoms with Crippen LogP contribution in [0, 0.1) is 0 Å². The molecule has 0 amide bonds. The third-order valence-corrected chi connectivity index (χ3v) is 2.92. The van der Waals surface area contributed by atoms with Gasteiger partial charge in [-0.05, 0) is 26.7 Å². The molecule has 0 radical (unpaired) electrons. The van der Waals surface area contributed by atoms with E-state index in [1.807, 2.05) is 4.68 Å². The first kappa shape index (κ1) is 8.76. The number of nitrogen functional groups attached to an aromatic ring is 1. The minimum atomic E-state index is 0.322. The number of anilines is 1. The molecule has 0 unspecified atom stereocenters. The van der Waals surface area contributed by atoms with E-state index in [0.29, 0.717) is 17.8 Å². The number of rotatable bonds is 2. The normalized spacial score (nSPS) is 16.7. The van der Waals surface area contributed by atoms with E-state index in [-0.39, 0.29) is 0 Å². The summed E-state index contributed by atoms with van der Waals surface area (Å²) in [6.45, 7) is 4.21. The largest absolute Gasteiger partial charge is 0.383 e. The van der Waals surface area contributed by atoms with Gasteiger partial charge in [0.05, 0.1) is 11.1 Å². The zero-order chi connectivity index (χ0) is 10.6. The quantitative estimate of drug-likeness (QED) is 0.785. The summed E-state index contributed by atoms with van der Waals surface area (Å²) in [4.78, 5) is 0. The Morgan fingerprint density at radius 2 is 2.20 bits per heavy atom. The van der Waals surface area contributed by atoms with Crippen LogP contribution in [0.4, 0.5) is 5.82 Å². The predicted octanol–water partition coefficient (Wildman–Crippen LogP) is 1.80. The molecule has 0 aromatic carbocycles. The zero-order valence-electron chi connectivity index (χ0n) is 8.99. The van der Waals surface area contributed by atoms with E-state index < -0.39 is 0 Å². The molecule has 2 aromatic heterocycles. The van der Waals surface area contributed by atoms with Crippen molar-refractivity contribution in [2.45, 2.75) is 38.6 Å². The number of nitrogens with zero attached hydrogens (tertiary/aromatic N) is 3. The number of H-pyrrole nitrogens is 1. The van der Waals surface area contributed by atoms with E-state index in [1.54, 1.807) is 0 Å². The Hall–Kier alpha value is -1.52. The molecular weight excluding hydrogens is 190 g/mol. The molecule has 1 fully saturated rings. The number of fused-ring (bicyclic) bond motifs is 1. The molecule has 2 heterocycles. The van der Waals surface area contributed by atoms with E-state index in [4.69, 9.17) is 5.73 Å². The highest BCUT2D eigenvalue weighted by Gasteiger charge is 2.31. The van der Waals surface area contributed by atoms with Gasteiger partial charge in [-0.3, -0.25) is 5.10 Å². The smallest absolute Gasteiger partial charge is 0.182 e. The Bertz CT molecular complexity index is 503. The van der Waals surface area contributed by atoms with Crippen molar-refractivity contribution in [2.24, 2.45) is 0 Å². The average Bonchev–Trinajstić information content (AvgIpc) is 2.85. The van der Waals surface area contributed by atoms with Gasteiger partial charge in [0, 0.05) is 12.0 Å². The van der Waals surface area contributed by atoms with Gasteiger partial charge in [-0.1, -0.05) is 0 Å². The Labute approximate surface area is 87.6 Å². The Kier molecular flexibility index (Phi) is 1.60. The lowest BCUT2D eigenvalue weighted by Gasteiger charge is -2.03. The maximum absolute atomic E-state index is 5.88.